The molecule has 0 bridgehead atoms. The van der Waals surface area contributed by atoms with E-state index in [1.165, 1.54) is 123 Å². The van der Waals surface area contributed by atoms with Gasteiger partial charge in [-0.3, -0.25) is 4.94 Å². The molecule has 0 spiro atoms. The van der Waals surface area contributed by atoms with Gasteiger partial charge in [0, 0.05) is 25.5 Å². The lowest BCUT2D eigenvalue weighted by Crippen LogP contribution is -2.42. The number of fused-ring (bicyclic) bond motifs is 5. The number of aryl methyl sites for hydroxylation is 1. The van der Waals surface area contributed by atoms with E-state index in [2.05, 4.69) is 336 Å². The Morgan fingerprint density at radius 2 is 0.797 bits per heavy atom. The van der Waals surface area contributed by atoms with Crippen LogP contribution in [0, 0.1) is 6.92 Å². The zero-order valence-corrected chi connectivity index (χ0v) is 94.7. The first-order chi connectivity index (χ1) is 60.9. The molecule has 6 heterocycles. The molecule has 0 radical (unpaired) electrons. The minimum Gasteiger partial charge on any atom is -0.543 e. The molecule has 11 aromatic rings. The van der Waals surface area contributed by atoms with Crippen LogP contribution in [0.3, 0.4) is 0 Å². The molecule has 2 aliphatic rings. The molecule has 7 aromatic carbocycles. The zero-order valence-electron chi connectivity index (χ0n) is 87.7. The van der Waals surface area contributed by atoms with Gasteiger partial charge in [0.1, 0.15) is 16.2 Å². The molecule has 24 heteroatoms. The largest absolute Gasteiger partial charge is 0.543 e. The Balaban J connectivity index is 0.000000267. The highest BCUT2D eigenvalue weighted by molar-refractivity contribution is 8.45. The summed E-state index contributed by atoms with van der Waals surface area (Å²) in [6.07, 6.45) is 0. The van der Waals surface area contributed by atoms with Gasteiger partial charge in [0.15, 0.2) is 5.75 Å². The first-order valence-corrected chi connectivity index (χ1v) is 63.1. The number of hydrogen-bond acceptors (Lipinski definition) is 9. The molecule has 133 heavy (non-hydrogen) atoms. The van der Waals surface area contributed by atoms with Crippen molar-refractivity contribution >= 4 is 121 Å². The van der Waals surface area contributed by atoms with E-state index in [4.69, 9.17) is 8.85 Å². The summed E-state index contributed by atoms with van der Waals surface area (Å²) in [5, 5.41) is 19.3. The first-order valence-electron chi connectivity index (χ1n) is 47.7. The molecule has 0 saturated heterocycles. The number of hydrogen-bond donors (Lipinski definition) is 0. The number of nitrogens with zero attached hydrogens (tertiary/aromatic N) is 3. The van der Waals surface area contributed by atoms with Gasteiger partial charge in [-0.2, -0.15) is 10.2 Å². The molecule has 0 N–H and O–H groups in total. The highest BCUT2D eigenvalue weighted by Gasteiger charge is 2.66. The summed E-state index contributed by atoms with van der Waals surface area (Å²) in [4.78, 5) is 6.56. The molecule has 742 valence electrons. The Hall–Kier alpha value is -6.36. The fraction of sp³-hybridized carbons (Fsp3) is 0.532. The van der Waals surface area contributed by atoms with Crippen molar-refractivity contribution in [2.75, 3.05) is 0 Å². The van der Waals surface area contributed by atoms with Crippen LogP contribution in [0.25, 0.3) is 30.4 Å². The van der Waals surface area contributed by atoms with Crippen molar-refractivity contribution in [3.8, 4) is 11.5 Å². The van der Waals surface area contributed by atoms with E-state index in [-0.39, 0.29) is 23.0 Å². The second-order valence-corrected chi connectivity index (χ2v) is 61.5. The maximum Gasteiger partial charge on any atom is 0.379 e. The smallest absolute Gasteiger partial charge is 0.379 e. The molecule has 0 aliphatic carbocycles. The zero-order chi connectivity index (χ0) is 102. The van der Waals surface area contributed by atoms with Gasteiger partial charge in [0.25, 0.3) is 0 Å². The van der Waals surface area contributed by atoms with Crippen LogP contribution in [0.15, 0.2) is 130 Å². The Labute approximate surface area is 813 Å². The van der Waals surface area contributed by atoms with Crippen LogP contribution in [-0.2, 0) is 17.1 Å². The Morgan fingerprint density at radius 1 is 0.406 bits per heavy atom. The van der Waals surface area contributed by atoms with Crippen LogP contribution >= 0.6 is 55.8 Å². The molecule has 2 aliphatic heterocycles. The standard InChI is InChI=1S/2C15H24OSi.C15H20S.C15H26Si.C14H18S.C12H17F5S.C12H17FO.C11H15N3S.F4S/c1-10(2)12-7-8-13(11(3)4)15-14(12)9-17(5,6)16-15;1-10(2)12-7-8-13(11(3)4)15-14(12)9-16-17(15,5)6;1-9(2)12-6-7-13(10(3)4)15-14(12)11(5)8-16-15;1-11(2)13-8-9-14(12(3)4)15(10-13)16(5,6)7;1-9(2)11-5-6-12(10(3)4)14-13(11)7-8-15-14;1-8(2)10-5-6-11(9(3)4)12(7-10)18(13,14,15,16)17;1-8(2)10-5-6-11(9(3)4)12(7-10)14-13;1-6(2)8-10-11(15-5-12-10)9(7(3)4)14-13-8;1-5(2,3)4/h2*7-8,10-11H,9H2,1-6H3;6-10H,1-5H3;8-12H,1-7H3;5-10H,1-4H3;5-9H,1-4H3;5-9H,1-4H3;5-7H,1-4H3;. The Morgan fingerprint density at radius 3 is 1.24 bits per heavy atom. The van der Waals surface area contributed by atoms with E-state index in [1.807, 2.05) is 54.2 Å². The quantitative estimate of drug-likeness (QED) is 0.0594. The van der Waals surface area contributed by atoms with Gasteiger partial charge in [-0.1, -0.05) is 372 Å². The van der Waals surface area contributed by atoms with Crippen LogP contribution in [0.5, 0.6) is 11.5 Å². The van der Waals surface area contributed by atoms with Crippen molar-refractivity contribution in [2.45, 2.75) is 387 Å². The van der Waals surface area contributed by atoms with Crippen LogP contribution < -0.4 is 19.7 Å². The van der Waals surface area contributed by atoms with Gasteiger partial charge < -0.3 is 8.85 Å². The molecule has 0 atom stereocenters. The first kappa shape index (κ1) is 117. The van der Waals surface area contributed by atoms with E-state index in [0.29, 0.717) is 88.7 Å². The van der Waals surface area contributed by atoms with Crippen LogP contribution in [0.4, 0.5) is 39.5 Å². The third kappa shape index (κ3) is 32.6. The van der Waals surface area contributed by atoms with Crippen molar-refractivity contribution in [1.29, 1.82) is 0 Å². The predicted molar refractivity (Wildman–Crippen MR) is 573 cm³/mol. The van der Waals surface area contributed by atoms with Gasteiger partial charge in [0.2, 0.25) is 16.6 Å². The lowest BCUT2D eigenvalue weighted by molar-refractivity contribution is -0.00769. The minimum absolute atomic E-state index is 0.232. The van der Waals surface area contributed by atoms with Crippen LogP contribution in [-0.4, -0.2) is 39.9 Å². The van der Waals surface area contributed by atoms with Crippen LogP contribution in [0.1, 0.15) is 422 Å². The predicted octanol–water partition coefficient (Wildman–Crippen LogP) is 40.0. The third-order valence-electron chi connectivity index (χ3n) is 24.2. The normalized spacial score (nSPS) is 14.2. The summed E-state index contributed by atoms with van der Waals surface area (Å²) in [6.45, 7) is 88.2. The summed E-state index contributed by atoms with van der Waals surface area (Å²) >= 11 is -0.732. The Bertz CT molecular complexity index is 5380. The average Bonchev–Trinajstić information content (AvgIpc) is 1.28. The molecule has 4 aromatic heterocycles. The summed E-state index contributed by atoms with van der Waals surface area (Å²) < 4.78 is 133. The number of thiophene rings is 2. The van der Waals surface area contributed by atoms with Crippen molar-refractivity contribution in [2.24, 2.45) is 0 Å². The lowest BCUT2D eigenvalue weighted by atomic mass is 9.91. The van der Waals surface area contributed by atoms with Gasteiger partial charge in [0.05, 0.1) is 36.3 Å². The summed E-state index contributed by atoms with van der Waals surface area (Å²) in [7, 11) is -14.0. The fourth-order valence-electron chi connectivity index (χ4n) is 16.8. The highest BCUT2D eigenvalue weighted by atomic mass is 32.5. The molecule has 6 nitrogen and oxygen atoms in total. The van der Waals surface area contributed by atoms with Gasteiger partial charge >= 0.3 is 21.8 Å². The van der Waals surface area contributed by atoms with E-state index in [1.54, 1.807) is 47.2 Å². The molecular weight excluding hydrogens is 1830 g/mol. The van der Waals surface area contributed by atoms with Gasteiger partial charge in [-0.05, 0) is 262 Å². The number of benzene rings is 7. The maximum atomic E-state index is 13.0. The topological polar surface area (TPSA) is 66.4 Å². The Kier molecular flexibility index (Phi) is 41.9. The maximum absolute atomic E-state index is 13.0. The summed E-state index contributed by atoms with van der Waals surface area (Å²) in [5.74, 6) is 8.26. The molecular formula is C109H161F10N3O3S5Si3. The monoisotopic (exact) mass is 1990 g/mol. The van der Waals surface area contributed by atoms with Crippen molar-refractivity contribution < 1.29 is 53.3 Å². The summed E-state index contributed by atoms with van der Waals surface area (Å²) in [6, 6.07) is 38.0. The molecule has 0 saturated carbocycles. The van der Waals surface area contributed by atoms with Crippen molar-refractivity contribution in [3.05, 3.63) is 231 Å². The van der Waals surface area contributed by atoms with E-state index in [9.17, 15) is 39.5 Å². The average molecular weight is 2000 g/mol. The molecule has 0 fully saturated rings. The third-order valence-corrected chi connectivity index (χ3v) is 35.0. The highest BCUT2D eigenvalue weighted by Crippen LogP contribution is 3.02. The van der Waals surface area contributed by atoms with Crippen LogP contribution in [0.2, 0.25) is 45.8 Å². The fourth-order valence-corrected chi connectivity index (χ4v) is 27.7. The molecule has 0 unspecified atom stereocenters. The van der Waals surface area contributed by atoms with E-state index in [0.717, 1.165) is 40.7 Å². The SMILES string of the molecule is CC(C)c1ccc(C(C)C)c(OF)c1.CC(C)c1ccc(C(C)C)c(S(F)(F)(F)(F)F)c1.CC(C)c1ccc(C(C)C)c([Si](C)(C)C)c1.CC(C)c1ccc(C(C)C)c2c1CO[Si]2(C)C.CC(C)c1ccc(C(C)C)c2c1C[Si](C)(C)O2.CC(C)c1ccc(C(C)C)c2sccc12.CC(C)c1nnc(C(C)C)c2scnc12.Cc1csc2c(C(C)C)ccc(C(C)C)c12.FS(F)(F)F. The number of thiazole rings is 1. The van der Waals surface area contributed by atoms with E-state index >= 15 is 0 Å². The lowest BCUT2D eigenvalue weighted by Gasteiger charge is -2.42. The van der Waals surface area contributed by atoms with Gasteiger partial charge in [-0.25, -0.2) is 4.98 Å². The molecule has 0 amide bonds. The van der Waals surface area contributed by atoms with Gasteiger partial charge in [-0.15, -0.1) is 34.0 Å². The number of aromatic nitrogens is 3. The second-order valence-electron chi connectivity index (χ2n) is 42.8. The second kappa shape index (κ2) is 47.5. The molecule has 13 rings (SSSR count). The number of halogens is 10. The van der Waals surface area contributed by atoms with E-state index < -0.39 is 57.3 Å². The van der Waals surface area contributed by atoms with Crippen molar-refractivity contribution in [3.63, 3.8) is 0 Å². The summed E-state index contributed by atoms with van der Waals surface area (Å²) in [5.41, 5.74) is 26.3. The number of rotatable bonds is 19. The van der Waals surface area contributed by atoms with Crippen molar-refractivity contribution in [1.82, 2.24) is 15.2 Å². The minimum atomic E-state index is -9.63.